The molecule has 0 spiro atoms. The third kappa shape index (κ3) is 4.97. The lowest BCUT2D eigenvalue weighted by atomic mass is 9.67. The minimum Gasteiger partial charge on any atom is -0.389 e. The van der Waals surface area contributed by atoms with Crippen molar-refractivity contribution < 1.29 is 5.11 Å². The van der Waals surface area contributed by atoms with Gasteiger partial charge in [-0.05, 0) is 32.6 Å². The summed E-state index contributed by atoms with van der Waals surface area (Å²) in [6, 6.07) is 0. The summed E-state index contributed by atoms with van der Waals surface area (Å²) in [7, 11) is 0. The van der Waals surface area contributed by atoms with Crippen molar-refractivity contribution in [2.24, 2.45) is 11.3 Å². The first kappa shape index (κ1) is 16.7. The van der Waals surface area contributed by atoms with Crippen LogP contribution in [0.3, 0.4) is 0 Å². The second kappa shape index (κ2) is 6.90. The number of rotatable bonds is 4. The van der Waals surface area contributed by atoms with Crippen molar-refractivity contribution in [3.63, 3.8) is 0 Å². The van der Waals surface area contributed by atoms with Crippen LogP contribution in [0.2, 0.25) is 0 Å². The Bertz CT molecular complexity index is 472. The molecule has 0 amide bonds. The summed E-state index contributed by atoms with van der Waals surface area (Å²) in [5.74, 6) is 0.388. The smallest absolute Gasteiger partial charge is 0.0729 e. The fourth-order valence-corrected chi connectivity index (χ4v) is 2.83. The molecule has 110 valence electrons. The van der Waals surface area contributed by atoms with E-state index in [2.05, 4.69) is 52.5 Å². The minimum absolute atomic E-state index is 0.0998. The zero-order valence-electron chi connectivity index (χ0n) is 13.5. The van der Waals surface area contributed by atoms with Gasteiger partial charge in [0.2, 0.25) is 0 Å². The molecule has 1 N–H and O–H groups in total. The Hall–Kier alpha value is -1.34. The zero-order chi connectivity index (χ0) is 15.3. The van der Waals surface area contributed by atoms with Gasteiger partial charge in [-0.1, -0.05) is 73.6 Å². The maximum absolute atomic E-state index is 9.85. The van der Waals surface area contributed by atoms with Gasteiger partial charge in [-0.15, -0.1) is 0 Å². The maximum atomic E-state index is 9.85. The van der Waals surface area contributed by atoms with Crippen LogP contribution in [0.25, 0.3) is 0 Å². The Labute approximate surface area is 124 Å². The summed E-state index contributed by atoms with van der Waals surface area (Å²) >= 11 is 0. The van der Waals surface area contributed by atoms with E-state index in [1.807, 2.05) is 25.2 Å². The van der Waals surface area contributed by atoms with Crippen LogP contribution in [0, 0.1) is 11.3 Å². The van der Waals surface area contributed by atoms with Crippen molar-refractivity contribution in [3.8, 4) is 0 Å². The van der Waals surface area contributed by atoms with Gasteiger partial charge in [0.05, 0.1) is 6.10 Å². The van der Waals surface area contributed by atoms with Crippen LogP contribution in [-0.2, 0) is 0 Å². The summed E-state index contributed by atoms with van der Waals surface area (Å²) in [6.07, 6.45) is 13.1. The first-order valence-electron chi connectivity index (χ1n) is 7.27. The molecular formula is C19H28O. The van der Waals surface area contributed by atoms with E-state index in [0.717, 1.165) is 12.0 Å². The Morgan fingerprint density at radius 2 is 2.00 bits per heavy atom. The van der Waals surface area contributed by atoms with Crippen LogP contribution in [-0.4, -0.2) is 11.2 Å². The highest BCUT2D eigenvalue weighted by Crippen LogP contribution is 2.41. The second-order valence-electron chi connectivity index (χ2n) is 6.62. The first-order chi connectivity index (χ1) is 9.22. The van der Waals surface area contributed by atoms with Crippen molar-refractivity contribution in [1.29, 1.82) is 0 Å². The lowest BCUT2D eigenvalue weighted by Gasteiger charge is -2.38. The zero-order valence-corrected chi connectivity index (χ0v) is 13.5. The van der Waals surface area contributed by atoms with Gasteiger partial charge in [0.1, 0.15) is 0 Å². The van der Waals surface area contributed by atoms with Gasteiger partial charge in [-0.25, -0.2) is 0 Å². The Morgan fingerprint density at radius 1 is 1.35 bits per heavy atom. The van der Waals surface area contributed by atoms with E-state index < -0.39 is 0 Å². The van der Waals surface area contributed by atoms with Crippen molar-refractivity contribution in [2.45, 2.75) is 47.1 Å². The summed E-state index contributed by atoms with van der Waals surface area (Å²) < 4.78 is 0. The van der Waals surface area contributed by atoms with E-state index in [0.29, 0.717) is 5.92 Å². The van der Waals surface area contributed by atoms with E-state index in [4.69, 9.17) is 0 Å². The van der Waals surface area contributed by atoms with Crippen LogP contribution in [0.1, 0.15) is 41.0 Å². The highest BCUT2D eigenvalue weighted by molar-refractivity contribution is 5.29. The minimum atomic E-state index is -0.301. The summed E-state index contributed by atoms with van der Waals surface area (Å²) in [5, 5.41) is 9.85. The predicted molar refractivity (Wildman–Crippen MR) is 88.5 cm³/mol. The molecule has 1 nitrogen and oxygen atoms in total. The van der Waals surface area contributed by atoms with Gasteiger partial charge in [-0.3, -0.25) is 0 Å². The van der Waals surface area contributed by atoms with E-state index in [1.54, 1.807) is 0 Å². The fraction of sp³-hybridized carbons (Fsp3) is 0.474. The molecule has 1 aliphatic rings. The van der Waals surface area contributed by atoms with Gasteiger partial charge in [-0.2, -0.15) is 0 Å². The number of aliphatic hydroxyl groups excluding tert-OH is 1. The van der Waals surface area contributed by atoms with E-state index in [9.17, 15) is 5.11 Å². The monoisotopic (exact) mass is 272 g/mol. The maximum Gasteiger partial charge on any atom is 0.0729 e. The molecule has 0 bridgehead atoms. The van der Waals surface area contributed by atoms with E-state index in [1.165, 1.54) is 11.1 Å². The highest BCUT2D eigenvalue weighted by Gasteiger charge is 2.34. The Balaban J connectivity index is 2.83. The van der Waals surface area contributed by atoms with Gasteiger partial charge < -0.3 is 5.11 Å². The van der Waals surface area contributed by atoms with E-state index in [-0.39, 0.29) is 11.5 Å². The highest BCUT2D eigenvalue weighted by atomic mass is 16.3. The third-order valence-electron chi connectivity index (χ3n) is 3.81. The van der Waals surface area contributed by atoms with Gasteiger partial charge in [0.15, 0.2) is 0 Å². The second-order valence-corrected chi connectivity index (χ2v) is 6.62. The molecule has 0 saturated heterocycles. The van der Waals surface area contributed by atoms with Crippen LogP contribution in [0.4, 0.5) is 0 Å². The number of hydrogen-bond donors (Lipinski definition) is 1. The van der Waals surface area contributed by atoms with Crippen LogP contribution in [0.5, 0.6) is 0 Å². The largest absolute Gasteiger partial charge is 0.389 e. The molecule has 0 fully saturated rings. The first-order valence-corrected chi connectivity index (χ1v) is 7.27. The Kier molecular flexibility index (Phi) is 5.76. The normalized spacial score (nSPS) is 27.1. The van der Waals surface area contributed by atoms with Crippen LogP contribution >= 0.6 is 0 Å². The molecule has 0 aromatic carbocycles. The standard InChI is InChI=1S/C19H28O/c1-14(2)8-7-9-15(3)10-11-18-16(4)12-17(20)13-19(18,5)6/h7-12,17-18,20H,1,13H2,2-6H3/b8-7+,11-10+,15-9+/t17-,18-/m0/s1. The Morgan fingerprint density at radius 3 is 2.55 bits per heavy atom. The fourth-order valence-electron chi connectivity index (χ4n) is 2.83. The van der Waals surface area contributed by atoms with Gasteiger partial charge >= 0.3 is 0 Å². The number of allylic oxidation sites excluding steroid dienone is 8. The molecular weight excluding hydrogens is 244 g/mol. The quantitative estimate of drug-likeness (QED) is 0.565. The average Bonchev–Trinajstić information content (AvgIpc) is 2.25. The van der Waals surface area contributed by atoms with Gasteiger partial charge in [0, 0.05) is 5.92 Å². The van der Waals surface area contributed by atoms with Crippen molar-refractivity contribution in [1.82, 2.24) is 0 Å². The average molecular weight is 272 g/mol. The molecule has 0 radical (unpaired) electrons. The summed E-state index contributed by atoms with van der Waals surface area (Å²) in [4.78, 5) is 0. The molecule has 0 heterocycles. The van der Waals surface area contributed by atoms with Crippen molar-refractivity contribution in [3.05, 3.63) is 59.8 Å². The predicted octanol–water partition coefficient (Wildman–Crippen LogP) is 4.97. The summed E-state index contributed by atoms with van der Waals surface area (Å²) in [5.41, 5.74) is 3.63. The van der Waals surface area contributed by atoms with Crippen LogP contribution < -0.4 is 0 Å². The summed E-state index contributed by atoms with van der Waals surface area (Å²) in [6.45, 7) is 14.5. The van der Waals surface area contributed by atoms with E-state index >= 15 is 0 Å². The molecule has 2 atom stereocenters. The molecule has 1 heteroatoms. The molecule has 0 saturated carbocycles. The molecule has 1 rings (SSSR count). The molecule has 0 aromatic heterocycles. The SMILES string of the molecule is C=C(C)/C=C/C=C(C)/C=C/[C@H]1C(C)=C[C@H](O)CC1(C)C. The lowest BCUT2D eigenvalue weighted by molar-refractivity contribution is 0.117. The van der Waals surface area contributed by atoms with Crippen LogP contribution in [0.15, 0.2) is 59.8 Å². The number of aliphatic hydroxyl groups is 1. The molecule has 0 unspecified atom stereocenters. The molecule has 1 aliphatic carbocycles. The topological polar surface area (TPSA) is 20.2 Å². The molecule has 0 aliphatic heterocycles. The number of hydrogen-bond acceptors (Lipinski definition) is 1. The molecule has 0 aromatic rings. The van der Waals surface area contributed by atoms with Crippen molar-refractivity contribution >= 4 is 0 Å². The van der Waals surface area contributed by atoms with Crippen molar-refractivity contribution in [2.75, 3.05) is 0 Å². The molecule has 20 heavy (non-hydrogen) atoms. The van der Waals surface area contributed by atoms with Gasteiger partial charge in [0.25, 0.3) is 0 Å². The lowest BCUT2D eigenvalue weighted by Crippen LogP contribution is -2.32. The third-order valence-corrected chi connectivity index (χ3v) is 3.81.